The third-order valence-electron chi connectivity index (χ3n) is 12.7. The molecular weight excluding hydrogens is 996 g/mol. The molecule has 412 valence electrons. The number of nitriles is 1. The van der Waals surface area contributed by atoms with Gasteiger partial charge in [0.2, 0.25) is 0 Å². The summed E-state index contributed by atoms with van der Waals surface area (Å²) >= 11 is 0. The molecular formula is C62H77N2O12P. The van der Waals surface area contributed by atoms with Gasteiger partial charge in [0.1, 0.15) is 40.3 Å². The highest BCUT2D eigenvalue weighted by molar-refractivity contribution is 7.44. The molecule has 0 fully saturated rings. The summed E-state index contributed by atoms with van der Waals surface area (Å²) in [5.41, 5.74) is 3.77. The SMILES string of the molecule is COc1ccc(C(OCCOCCOCC(COCCOCCOC(c2ccccc2)(c2ccc(OC)cc2)c2ccc(OC)cc2)OP(OCCC#N)N(C(C)C)C(C)C)(c2ccccc2)c2ccc(OC)cc2)cc1. The molecule has 0 aliphatic carbocycles. The van der Waals surface area contributed by atoms with Gasteiger partial charge in [0.25, 0.3) is 8.53 Å². The van der Waals surface area contributed by atoms with Crippen molar-refractivity contribution in [3.63, 3.8) is 0 Å². The molecule has 0 N–H and O–H groups in total. The Bertz CT molecular complexity index is 2320. The monoisotopic (exact) mass is 1070 g/mol. The molecule has 0 saturated heterocycles. The number of benzene rings is 6. The number of nitrogens with zero attached hydrogens (tertiary/aromatic N) is 2. The second kappa shape index (κ2) is 32.1. The van der Waals surface area contributed by atoms with E-state index in [-0.39, 0.29) is 51.5 Å². The third kappa shape index (κ3) is 16.8. The Morgan fingerprint density at radius 2 is 0.727 bits per heavy atom. The molecule has 77 heavy (non-hydrogen) atoms. The Balaban J connectivity index is 1.07. The van der Waals surface area contributed by atoms with Crippen LogP contribution >= 0.6 is 8.53 Å². The van der Waals surface area contributed by atoms with Crippen LogP contribution in [-0.4, -0.2) is 124 Å². The molecule has 0 bridgehead atoms. The van der Waals surface area contributed by atoms with Crippen LogP contribution in [0.1, 0.15) is 67.5 Å². The molecule has 0 aliphatic rings. The Morgan fingerprint density at radius 3 is 1.04 bits per heavy atom. The fourth-order valence-electron chi connectivity index (χ4n) is 9.06. The van der Waals surface area contributed by atoms with Gasteiger partial charge in [-0.3, -0.25) is 0 Å². The molecule has 6 aromatic carbocycles. The second-order valence-corrected chi connectivity index (χ2v) is 19.8. The molecule has 0 aliphatic heterocycles. The Hall–Kier alpha value is -5.92. The van der Waals surface area contributed by atoms with Crippen LogP contribution in [0.15, 0.2) is 158 Å². The van der Waals surface area contributed by atoms with Gasteiger partial charge in [0.05, 0.1) is 114 Å². The lowest BCUT2D eigenvalue weighted by Crippen LogP contribution is -2.36. The van der Waals surface area contributed by atoms with Crippen LogP contribution in [0.4, 0.5) is 0 Å². The van der Waals surface area contributed by atoms with Crippen LogP contribution in [0.3, 0.4) is 0 Å². The van der Waals surface area contributed by atoms with Crippen molar-refractivity contribution in [3.8, 4) is 29.1 Å². The fourth-order valence-corrected chi connectivity index (χ4v) is 10.7. The summed E-state index contributed by atoms with van der Waals surface area (Å²) in [6.45, 7) is 11.5. The maximum absolute atomic E-state index is 9.35. The van der Waals surface area contributed by atoms with Crippen molar-refractivity contribution in [2.75, 3.05) is 101 Å². The van der Waals surface area contributed by atoms with Crippen LogP contribution in [-0.2, 0) is 48.7 Å². The van der Waals surface area contributed by atoms with E-state index in [4.69, 9.17) is 56.4 Å². The third-order valence-corrected chi connectivity index (χ3v) is 14.9. The molecule has 0 radical (unpaired) electrons. The van der Waals surface area contributed by atoms with E-state index in [0.29, 0.717) is 39.6 Å². The van der Waals surface area contributed by atoms with E-state index in [9.17, 15) is 5.26 Å². The largest absolute Gasteiger partial charge is 0.497 e. The van der Waals surface area contributed by atoms with E-state index in [0.717, 1.165) is 56.4 Å². The summed E-state index contributed by atoms with van der Waals surface area (Å²) < 4.78 is 75.8. The van der Waals surface area contributed by atoms with Crippen LogP contribution in [0.2, 0.25) is 0 Å². The highest BCUT2D eigenvalue weighted by Crippen LogP contribution is 2.48. The molecule has 0 amide bonds. The average Bonchev–Trinajstić information content (AvgIpc) is 3.49. The lowest BCUT2D eigenvalue weighted by molar-refractivity contribution is -0.0556. The normalized spacial score (nSPS) is 12.3. The predicted octanol–water partition coefficient (Wildman–Crippen LogP) is 11.8. The van der Waals surface area contributed by atoms with Crippen molar-refractivity contribution in [2.24, 2.45) is 0 Å². The van der Waals surface area contributed by atoms with E-state index in [1.165, 1.54) is 0 Å². The molecule has 1 atom stereocenters. The van der Waals surface area contributed by atoms with Gasteiger partial charge in [-0.25, -0.2) is 4.67 Å². The topological polar surface area (TPSA) is 138 Å². The first kappa shape index (κ1) is 60.3. The van der Waals surface area contributed by atoms with E-state index in [2.05, 4.69) is 62.7 Å². The number of ether oxygens (including phenoxy) is 10. The van der Waals surface area contributed by atoms with E-state index in [1.54, 1.807) is 28.4 Å². The number of rotatable bonds is 36. The van der Waals surface area contributed by atoms with Crippen LogP contribution < -0.4 is 18.9 Å². The molecule has 0 saturated carbocycles. The molecule has 0 heterocycles. The maximum Gasteiger partial charge on any atom is 0.259 e. The van der Waals surface area contributed by atoms with Crippen molar-refractivity contribution >= 4 is 8.53 Å². The van der Waals surface area contributed by atoms with Crippen molar-refractivity contribution < 1.29 is 56.4 Å². The number of hydrogen-bond donors (Lipinski definition) is 0. The van der Waals surface area contributed by atoms with Gasteiger partial charge in [-0.2, -0.15) is 5.26 Å². The van der Waals surface area contributed by atoms with Crippen LogP contribution in [0.5, 0.6) is 23.0 Å². The minimum atomic E-state index is -1.57. The summed E-state index contributed by atoms with van der Waals surface area (Å²) in [4.78, 5) is 0. The number of hydrogen-bond acceptors (Lipinski definition) is 14. The van der Waals surface area contributed by atoms with Crippen molar-refractivity contribution in [1.29, 1.82) is 5.26 Å². The number of methoxy groups -OCH3 is 4. The first-order valence-corrected chi connectivity index (χ1v) is 27.3. The molecule has 0 aromatic heterocycles. The molecule has 6 aromatic rings. The minimum absolute atomic E-state index is 0.113. The summed E-state index contributed by atoms with van der Waals surface area (Å²) in [6, 6.07) is 54.5. The Morgan fingerprint density at radius 1 is 0.416 bits per heavy atom. The molecule has 1 unspecified atom stereocenters. The van der Waals surface area contributed by atoms with Gasteiger partial charge >= 0.3 is 0 Å². The van der Waals surface area contributed by atoms with Crippen LogP contribution in [0.25, 0.3) is 0 Å². The summed E-state index contributed by atoms with van der Waals surface area (Å²) in [5, 5.41) is 9.35. The van der Waals surface area contributed by atoms with Gasteiger partial charge in [-0.15, -0.1) is 0 Å². The molecule has 15 heteroatoms. The smallest absolute Gasteiger partial charge is 0.259 e. The zero-order valence-electron chi connectivity index (χ0n) is 46.0. The van der Waals surface area contributed by atoms with E-state index < -0.39 is 25.8 Å². The van der Waals surface area contributed by atoms with Gasteiger partial charge in [-0.05, 0) is 110 Å². The first-order valence-electron chi connectivity index (χ1n) is 26.2. The maximum atomic E-state index is 9.35. The zero-order chi connectivity index (χ0) is 54.7. The lowest BCUT2D eigenvalue weighted by Gasteiger charge is -2.37. The van der Waals surface area contributed by atoms with E-state index >= 15 is 0 Å². The van der Waals surface area contributed by atoms with Gasteiger partial charge in [0, 0.05) is 12.1 Å². The Kier molecular flexibility index (Phi) is 25.1. The second-order valence-electron chi connectivity index (χ2n) is 18.4. The minimum Gasteiger partial charge on any atom is -0.497 e. The fraction of sp³-hybridized carbons (Fsp3) is 0.403. The summed E-state index contributed by atoms with van der Waals surface area (Å²) in [7, 11) is 5.05. The average molecular weight is 1070 g/mol. The highest BCUT2D eigenvalue weighted by Gasteiger charge is 2.39. The quantitative estimate of drug-likeness (QED) is 0.0210. The van der Waals surface area contributed by atoms with Crippen LogP contribution in [0, 0.1) is 11.3 Å². The summed E-state index contributed by atoms with van der Waals surface area (Å²) in [5.74, 6) is 3.00. The zero-order valence-corrected chi connectivity index (χ0v) is 46.9. The molecule has 6 rings (SSSR count). The predicted molar refractivity (Wildman–Crippen MR) is 300 cm³/mol. The van der Waals surface area contributed by atoms with Crippen molar-refractivity contribution in [1.82, 2.24) is 4.67 Å². The van der Waals surface area contributed by atoms with Gasteiger partial charge in [0.15, 0.2) is 0 Å². The Labute approximate surface area is 457 Å². The lowest BCUT2D eigenvalue weighted by atomic mass is 9.80. The molecule has 0 spiro atoms. The highest BCUT2D eigenvalue weighted by atomic mass is 31.2. The first-order chi connectivity index (χ1) is 37.6. The standard InChI is InChI=1S/C62H77N2O12P/c1-48(2)64(49(3)4)77(75-37-15-36-63)76-60(46-71-40-38-69-42-44-73-61(50-16-11-9-12-17-50,52-20-28-56(65-5)29-21-52)53-22-30-57(66-6)31-23-53)47-72-41-39-70-43-45-74-62(51-18-13-10-14-19-51,54-24-32-58(67-7)33-25-54)55-26-34-59(68-8)35-27-55/h9-14,16-35,48-49,60H,15,37-47H2,1-8H3. The van der Waals surface area contributed by atoms with Crippen molar-refractivity contribution in [2.45, 2.75) is 63.5 Å². The van der Waals surface area contributed by atoms with Crippen molar-refractivity contribution in [3.05, 3.63) is 191 Å². The molecule has 14 nitrogen and oxygen atoms in total. The summed E-state index contributed by atoms with van der Waals surface area (Å²) in [6.07, 6.45) is -0.262. The van der Waals surface area contributed by atoms with E-state index in [1.807, 2.05) is 133 Å². The van der Waals surface area contributed by atoms with Gasteiger partial charge < -0.3 is 56.4 Å². The van der Waals surface area contributed by atoms with Gasteiger partial charge in [-0.1, -0.05) is 109 Å².